The van der Waals surface area contributed by atoms with Crippen LogP contribution in [0, 0.1) is 17.5 Å². The van der Waals surface area contributed by atoms with Crippen molar-refractivity contribution < 1.29 is 23.1 Å². The Kier molecular flexibility index (Phi) is 5.07. The second-order valence-corrected chi connectivity index (χ2v) is 5.01. The van der Waals surface area contributed by atoms with Gasteiger partial charge in [-0.1, -0.05) is 11.6 Å². The van der Waals surface area contributed by atoms with Crippen molar-refractivity contribution in [2.24, 2.45) is 0 Å². The maximum atomic E-state index is 13.2. The molecule has 0 spiro atoms. The van der Waals surface area contributed by atoms with Gasteiger partial charge in [0.1, 0.15) is 5.82 Å². The lowest BCUT2D eigenvalue weighted by Gasteiger charge is -2.17. The normalized spacial score (nSPS) is 12.0. The fraction of sp³-hybridized carbons (Fsp3) is 0.143. The number of halogens is 4. The second-order valence-electron chi connectivity index (χ2n) is 4.60. The van der Waals surface area contributed by atoms with E-state index < -0.39 is 36.0 Å². The molecule has 23 heavy (non-hydrogen) atoms. The number of hydrogen-bond acceptors (Lipinski definition) is 4. The van der Waals surface area contributed by atoms with Crippen molar-refractivity contribution in [3.05, 3.63) is 58.0 Å². The standard InChI is InChI=1S/C14H11ClF3N3O2/c15-8-1-7(4-20-13(8)19)14(23)21-11(5-22)6-2-9(16)12(18)10(17)3-6/h1-4,11,22H,5H2,(H2,19,20)(H,21,23). The molecule has 0 fully saturated rings. The molecule has 1 heterocycles. The van der Waals surface area contributed by atoms with Gasteiger partial charge in [-0.05, 0) is 23.8 Å². The highest BCUT2D eigenvalue weighted by molar-refractivity contribution is 6.33. The predicted molar refractivity (Wildman–Crippen MR) is 77.3 cm³/mol. The zero-order valence-corrected chi connectivity index (χ0v) is 12.2. The van der Waals surface area contributed by atoms with Crippen LogP contribution in [0.1, 0.15) is 22.0 Å². The first kappa shape index (κ1) is 17.0. The zero-order valence-electron chi connectivity index (χ0n) is 11.5. The van der Waals surface area contributed by atoms with Crippen LogP contribution in [0.2, 0.25) is 5.02 Å². The van der Waals surface area contributed by atoms with Gasteiger partial charge < -0.3 is 16.2 Å². The van der Waals surface area contributed by atoms with Gasteiger partial charge in [0.2, 0.25) is 0 Å². The molecule has 9 heteroatoms. The largest absolute Gasteiger partial charge is 0.394 e. The van der Waals surface area contributed by atoms with Crippen LogP contribution < -0.4 is 11.1 Å². The van der Waals surface area contributed by atoms with E-state index in [2.05, 4.69) is 10.3 Å². The Morgan fingerprint density at radius 1 is 1.30 bits per heavy atom. The van der Waals surface area contributed by atoms with Gasteiger partial charge >= 0.3 is 0 Å². The van der Waals surface area contributed by atoms with Crippen LogP contribution in [0.3, 0.4) is 0 Å². The first-order valence-corrected chi connectivity index (χ1v) is 6.68. The van der Waals surface area contributed by atoms with Crippen LogP contribution in [-0.4, -0.2) is 22.6 Å². The fourth-order valence-electron chi connectivity index (χ4n) is 1.82. The molecule has 1 aromatic heterocycles. The maximum Gasteiger partial charge on any atom is 0.253 e. The quantitative estimate of drug-likeness (QED) is 0.741. The molecule has 0 aliphatic carbocycles. The molecule has 1 aromatic carbocycles. The highest BCUT2D eigenvalue weighted by atomic mass is 35.5. The van der Waals surface area contributed by atoms with Gasteiger partial charge in [0.15, 0.2) is 17.5 Å². The summed E-state index contributed by atoms with van der Waals surface area (Å²) in [4.78, 5) is 15.8. The van der Waals surface area contributed by atoms with Crippen molar-refractivity contribution in [1.29, 1.82) is 0 Å². The highest BCUT2D eigenvalue weighted by Crippen LogP contribution is 2.21. The van der Waals surface area contributed by atoms with Crippen molar-refractivity contribution in [1.82, 2.24) is 10.3 Å². The van der Waals surface area contributed by atoms with Crippen LogP contribution in [0.15, 0.2) is 24.4 Å². The van der Waals surface area contributed by atoms with Crippen molar-refractivity contribution >= 4 is 23.3 Å². The van der Waals surface area contributed by atoms with Crippen molar-refractivity contribution in [3.63, 3.8) is 0 Å². The Hall–Kier alpha value is -2.32. The SMILES string of the molecule is Nc1ncc(C(=O)NC(CO)c2cc(F)c(F)c(F)c2)cc1Cl. The summed E-state index contributed by atoms with van der Waals surface area (Å²) in [7, 11) is 0. The van der Waals surface area contributed by atoms with E-state index in [4.69, 9.17) is 17.3 Å². The molecule has 0 aliphatic rings. The van der Waals surface area contributed by atoms with Crippen molar-refractivity contribution in [3.8, 4) is 0 Å². The van der Waals surface area contributed by atoms with Gasteiger partial charge in [0.25, 0.3) is 5.91 Å². The lowest BCUT2D eigenvalue weighted by molar-refractivity contribution is 0.0915. The second kappa shape index (κ2) is 6.84. The van der Waals surface area contributed by atoms with Crippen LogP contribution >= 0.6 is 11.6 Å². The minimum atomic E-state index is -1.63. The number of carbonyl (C=O) groups excluding carboxylic acids is 1. The van der Waals surface area contributed by atoms with Crippen LogP contribution in [0.25, 0.3) is 0 Å². The predicted octanol–water partition coefficient (Wildman–Crippen LogP) is 2.20. The van der Waals surface area contributed by atoms with E-state index in [1.165, 1.54) is 6.07 Å². The molecule has 1 atom stereocenters. The number of hydrogen-bond donors (Lipinski definition) is 3. The average molecular weight is 346 g/mol. The van der Waals surface area contributed by atoms with Gasteiger partial charge in [-0.2, -0.15) is 0 Å². The van der Waals surface area contributed by atoms with Crippen LogP contribution in [0.5, 0.6) is 0 Å². The third-order valence-corrected chi connectivity index (χ3v) is 3.33. The molecule has 2 rings (SSSR count). The summed E-state index contributed by atoms with van der Waals surface area (Å²) >= 11 is 5.75. The van der Waals surface area contributed by atoms with E-state index in [1.54, 1.807) is 0 Å². The van der Waals surface area contributed by atoms with E-state index in [0.29, 0.717) is 12.1 Å². The fourth-order valence-corrected chi connectivity index (χ4v) is 1.99. The number of carbonyl (C=O) groups is 1. The summed E-state index contributed by atoms with van der Waals surface area (Å²) in [5, 5.41) is 11.7. The molecule has 0 saturated carbocycles. The summed E-state index contributed by atoms with van der Waals surface area (Å²) in [6.45, 7) is -0.660. The Bertz CT molecular complexity index is 735. The molecular weight excluding hydrogens is 335 g/mol. The van der Waals surface area contributed by atoms with E-state index in [-0.39, 0.29) is 22.0 Å². The van der Waals surface area contributed by atoms with Gasteiger partial charge in [-0.3, -0.25) is 4.79 Å². The molecule has 0 bridgehead atoms. The van der Waals surface area contributed by atoms with Crippen molar-refractivity contribution in [2.45, 2.75) is 6.04 Å². The molecular formula is C14H11ClF3N3O2. The first-order chi connectivity index (χ1) is 10.8. The number of nitrogens with zero attached hydrogens (tertiary/aromatic N) is 1. The number of amides is 1. The minimum Gasteiger partial charge on any atom is -0.394 e. The van der Waals surface area contributed by atoms with Gasteiger partial charge in [-0.15, -0.1) is 0 Å². The van der Waals surface area contributed by atoms with Gasteiger partial charge in [-0.25, -0.2) is 18.2 Å². The number of rotatable bonds is 4. The molecule has 5 nitrogen and oxygen atoms in total. The monoisotopic (exact) mass is 345 g/mol. The third-order valence-electron chi connectivity index (χ3n) is 3.03. The number of nitrogens with two attached hydrogens (primary N) is 1. The Balaban J connectivity index is 2.25. The van der Waals surface area contributed by atoms with Crippen LogP contribution in [-0.2, 0) is 0 Å². The molecule has 1 amide bonds. The number of nitrogens with one attached hydrogen (secondary N) is 1. The van der Waals surface area contributed by atoms with Gasteiger partial charge in [0, 0.05) is 6.20 Å². The van der Waals surface area contributed by atoms with E-state index in [1.807, 2.05) is 0 Å². The molecule has 0 saturated heterocycles. The summed E-state index contributed by atoms with van der Waals surface area (Å²) in [5.74, 6) is -5.16. The summed E-state index contributed by atoms with van der Waals surface area (Å²) in [5.41, 5.74) is 5.32. The third kappa shape index (κ3) is 3.72. The lowest BCUT2D eigenvalue weighted by Crippen LogP contribution is -2.31. The zero-order chi connectivity index (χ0) is 17.1. The molecule has 1 unspecified atom stereocenters. The first-order valence-electron chi connectivity index (χ1n) is 6.30. The number of benzene rings is 1. The molecule has 0 aliphatic heterocycles. The van der Waals surface area contributed by atoms with Crippen LogP contribution in [0.4, 0.5) is 19.0 Å². The number of nitrogen functional groups attached to an aromatic ring is 1. The maximum absolute atomic E-state index is 13.2. The number of aromatic nitrogens is 1. The number of aliphatic hydroxyl groups is 1. The van der Waals surface area contributed by atoms with E-state index in [0.717, 1.165) is 6.20 Å². The smallest absolute Gasteiger partial charge is 0.253 e. The Morgan fingerprint density at radius 2 is 1.91 bits per heavy atom. The number of pyridine rings is 1. The summed E-state index contributed by atoms with van der Waals surface area (Å²) in [6.07, 6.45) is 1.15. The summed E-state index contributed by atoms with van der Waals surface area (Å²) < 4.78 is 39.4. The number of aliphatic hydroxyl groups excluding tert-OH is 1. The topological polar surface area (TPSA) is 88.2 Å². The molecule has 4 N–H and O–H groups in total. The average Bonchev–Trinajstić information content (AvgIpc) is 2.52. The van der Waals surface area contributed by atoms with E-state index in [9.17, 15) is 23.1 Å². The van der Waals surface area contributed by atoms with Crippen molar-refractivity contribution in [2.75, 3.05) is 12.3 Å². The Labute approximate surface area is 133 Å². The summed E-state index contributed by atoms with van der Waals surface area (Å²) in [6, 6.07) is 1.48. The molecule has 0 radical (unpaired) electrons. The molecule has 122 valence electrons. The molecule has 2 aromatic rings. The minimum absolute atomic E-state index is 0.0320. The lowest BCUT2D eigenvalue weighted by atomic mass is 10.1. The highest BCUT2D eigenvalue weighted by Gasteiger charge is 2.20. The van der Waals surface area contributed by atoms with E-state index >= 15 is 0 Å². The number of anilines is 1. The van der Waals surface area contributed by atoms with Gasteiger partial charge in [0.05, 0.1) is 23.2 Å². The Morgan fingerprint density at radius 3 is 2.43 bits per heavy atom.